The van der Waals surface area contributed by atoms with Crippen molar-refractivity contribution in [3.05, 3.63) is 0 Å². The minimum Gasteiger partial charge on any atom is -0.342 e. The molecule has 3 atom stereocenters. The molecule has 1 heterocycles. The van der Waals surface area contributed by atoms with E-state index in [1.54, 1.807) is 0 Å². The lowest BCUT2D eigenvalue weighted by molar-refractivity contribution is -0.153. The van der Waals surface area contributed by atoms with E-state index in [0.29, 0.717) is 11.8 Å². The summed E-state index contributed by atoms with van der Waals surface area (Å²) in [5.74, 6) is 1.20. The van der Waals surface area contributed by atoms with Crippen LogP contribution in [0.4, 0.5) is 0 Å². The van der Waals surface area contributed by atoms with Gasteiger partial charge >= 0.3 is 0 Å². The van der Waals surface area contributed by atoms with E-state index in [2.05, 4.69) is 12.2 Å². The largest absolute Gasteiger partial charge is 0.342 e. The number of rotatable bonds is 4. The normalized spacial score (nSPS) is 33.0. The van der Waals surface area contributed by atoms with Crippen molar-refractivity contribution < 1.29 is 9.59 Å². The maximum absolute atomic E-state index is 12.9. The average Bonchev–Trinajstić information content (AvgIpc) is 3.33. The number of amides is 2. The molecule has 3 fully saturated rings. The van der Waals surface area contributed by atoms with Gasteiger partial charge in [-0.05, 0) is 50.9 Å². The van der Waals surface area contributed by atoms with Gasteiger partial charge in [0.1, 0.15) is 12.1 Å². The van der Waals surface area contributed by atoms with Crippen LogP contribution < -0.4 is 5.32 Å². The van der Waals surface area contributed by atoms with Crippen LogP contribution in [0.5, 0.6) is 0 Å². The van der Waals surface area contributed by atoms with E-state index in [9.17, 15) is 9.59 Å². The lowest BCUT2D eigenvalue weighted by Crippen LogP contribution is -2.66. The van der Waals surface area contributed by atoms with E-state index < -0.39 is 0 Å². The quantitative estimate of drug-likeness (QED) is 0.865. The highest BCUT2D eigenvalue weighted by molar-refractivity contribution is 5.97. The second-order valence-corrected chi connectivity index (χ2v) is 7.12. The fraction of sp³-hybridized carbons (Fsp3) is 0.882. The van der Waals surface area contributed by atoms with Crippen molar-refractivity contribution in [3.63, 3.8) is 0 Å². The molecule has 0 bridgehead atoms. The second-order valence-electron chi connectivity index (χ2n) is 7.12. The average molecular weight is 292 g/mol. The van der Waals surface area contributed by atoms with Crippen molar-refractivity contribution in [2.45, 2.75) is 83.3 Å². The number of carbonyl (C=O) groups excluding carboxylic acids is 2. The van der Waals surface area contributed by atoms with E-state index in [1.807, 2.05) is 11.8 Å². The summed E-state index contributed by atoms with van der Waals surface area (Å²) < 4.78 is 0. The Morgan fingerprint density at radius 3 is 2.38 bits per heavy atom. The molecule has 3 rings (SSSR count). The van der Waals surface area contributed by atoms with Gasteiger partial charge in [-0.15, -0.1) is 0 Å². The Morgan fingerprint density at radius 2 is 1.81 bits per heavy atom. The number of carbonyl (C=O) groups is 2. The number of piperazine rings is 1. The molecule has 2 aliphatic carbocycles. The van der Waals surface area contributed by atoms with E-state index in [0.717, 1.165) is 19.3 Å². The van der Waals surface area contributed by atoms with E-state index in [-0.39, 0.29) is 29.9 Å². The van der Waals surface area contributed by atoms with Crippen LogP contribution in [0.1, 0.15) is 65.2 Å². The lowest BCUT2D eigenvalue weighted by atomic mass is 9.81. The number of hydrogen-bond acceptors (Lipinski definition) is 2. The van der Waals surface area contributed by atoms with Gasteiger partial charge in [-0.3, -0.25) is 9.59 Å². The SMILES string of the molecule is CCC(C1CCCCC1)N1C(=O)C(C2CC2)NC(=O)C1C. The predicted octanol–water partition coefficient (Wildman–Crippen LogP) is 2.47. The Bertz CT molecular complexity index is 413. The van der Waals surface area contributed by atoms with Crippen LogP contribution in [-0.4, -0.2) is 34.8 Å². The number of nitrogens with one attached hydrogen (secondary N) is 1. The van der Waals surface area contributed by atoms with Crippen molar-refractivity contribution in [1.82, 2.24) is 10.2 Å². The molecule has 3 aliphatic rings. The van der Waals surface area contributed by atoms with Gasteiger partial charge in [0.15, 0.2) is 0 Å². The van der Waals surface area contributed by atoms with Gasteiger partial charge < -0.3 is 10.2 Å². The van der Waals surface area contributed by atoms with Gasteiger partial charge in [-0.2, -0.15) is 0 Å². The van der Waals surface area contributed by atoms with Crippen LogP contribution in [0.2, 0.25) is 0 Å². The smallest absolute Gasteiger partial charge is 0.246 e. The highest BCUT2D eigenvalue weighted by Crippen LogP contribution is 2.38. The van der Waals surface area contributed by atoms with Gasteiger partial charge in [-0.25, -0.2) is 0 Å². The first kappa shape index (κ1) is 14.9. The molecule has 0 spiro atoms. The minimum absolute atomic E-state index is 0.0424. The van der Waals surface area contributed by atoms with Crippen molar-refractivity contribution in [2.24, 2.45) is 11.8 Å². The highest BCUT2D eigenvalue weighted by Gasteiger charge is 2.48. The first-order valence-electron chi connectivity index (χ1n) is 8.76. The lowest BCUT2D eigenvalue weighted by Gasteiger charge is -2.45. The summed E-state index contributed by atoms with van der Waals surface area (Å²) in [6.07, 6.45) is 9.42. The molecule has 2 saturated carbocycles. The van der Waals surface area contributed by atoms with Crippen molar-refractivity contribution >= 4 is 11.8 Å². The summed E-state index contributed by atoms with van der Waals surface area (Å²) in [6, 6.07) is -0.300. The summed E-state index contributed by atoms with van der Waals surface area (Å²) in [5.41, 5.74) is 0. The number of hydrogen-bond donors (Lipinski definition) is 1. The Labute approximate surface area is 127 Å². The molecule has 0 radical (unpaired) electrons. The van der Waals surface area contributed by atoms with Crippen molar-refractivity contribution in [3.8, 4) is 0 Å². The van der Waals surface area contributed by atoms with Crippen molar-refractivity contribution in [1.29, 1.82) is 0 Å². The third-order valence-electron chi connectivity index (χ3n) is 5.68. The molecule has 0 aromatic heterocycles. The fourth-order valence-electron chi connectivity index (χ4n) is 4.29. The molecule has 3 unspecified atom stereocenters. The van der Waals surface area contributed by atoms with Gasteiger partial charge in [0.25, 0.3) is 0 Å². The standard InChI is InChI=1S/C17H28N2O2/c1-3-14(12-7-5-4-6-8-12)19-11(2)16(20)18-15(17(19)21)13-9-10-13/h11-15H,3-10H2,1-2H3,(H,18,20). The monoisotopic (exact) mass is 292 g/mol. The predicted molar refractivity (Wildman–Crippen MR) is 81.6 cm³/mol. The van der Waals surface area contributed by atoms with E-state index in [4.69, 9.17) is 0 Å². The first-order valence-corrected chi connectivity index (χ1v) is 8.76. The molecule has 1 aliphatic heterocycles. The molecule has 1 saturated heterocycles. The summed E-state index contributed by atoms with van der Waals surface area (Å²) >= 11 is 0. The molecule has 21 heavy (non-hydrogen) atoms. The van der Waals surface area contributed by atoms with Gasteiger partial charge in [0.05, 0.1) is 0 Å². The van der Waals surface area contributed by atoms with Crippen LogP contribution in [0.25, 0.3) is 0 Å². The molecule has 4 heteroatoms. The molecule has 2 amide bonds. The molecule has 1 N–H and O–H groups in total. The van der Waals surface area contributed by atoms with Gasteiger partial charge in [0, 0.05) is 6.04 Å². The topological polar surface area (TPSA) is 49.4 Å². The zero-order chi connectivity index (χ0) is 15.0. The second kappa shape index (κ2) is 5.98. The van der Waals surface area contributed by atoms with Crippen LogP contribution in [-0.2, 0) is 9.59 Å². The Hall–Kier alpha value is -1.06. The van der Waals surface area contributed by atoms with Crippen LogP contribution >= 0.6 is 0 Å². The fourth-order valence-corrected chi connectivity index (χ4v) is 4.29. The van der Waals surface area contributed by atoms with Crippen LogP contribution in [0.3, 0.4) is 0 Å². The summed E-state index contributed by atoms with van der Waals surface area (Å²) in [6.45, 7) is 4.06. The zero-order valence-corrected chi connectivity index (χ0v) is 13.3. The maximum Gasteiger partial charge on any atom is 0.246 e. The Balaban J connectivity index is 1.80. The van der Waals surface area contributed by atoms with E-state index in [1.165, 1.54) is 32.1 Å². The Kier molecular flexibility index (Phi) is 4.23. The summed E-state index contributed by atoms with van der Waals surface area (Å²) in [7, 11) is 0. The highest BCUT2D eigenvalue weighted by atomic mass is 16.2. The summed E-state index contributed by atoms with van der Waals surface area (Å²) in [5, 5.41) is 2.96. The van der Waals surface area contributed by atoms with Gasteiger partial charge in [0.2, 0.25) is 11.8 Å². The molecule has 0 aromatic rings. The third-order valence-corrected chi connectivity index (χ3v) is 5.68. The van der Waals surface area contributed by atoms with Crippen LogP contribution in [0.15, 0.2) is 0 Å². The minimum atomic E-state index is -0.306. The zero-order valence-electron chi connectivity index (χ0n) is 13.3. The molecular formula is C17H28N2O2. The van der Waals surface area contributed by atoms with Gasteiger partial charge in [-0.1, -0.05) is 26.2 Å². The summed E-state index contributed by atoms with van der Waals surface area (Å²) in [4.78, 5) is 27.2. The first-order chi connectivity index (χ1) is 10.1. The molecular weight excluding hydrogens is 264 g/mol. The molecule has 0 aromatic carbocycles. The molecule has 118 valence electrons. The molecule has 4 nitrogen and oxygen atoms in total. The van der Waals surface area contributed by atoms with Crippen LogP contribution in [0, 0.1) is 11.8 Å². The maximum atomic E-state index is 12.9. The van der Waals surface area contributed by atoms with E-state index >= 15 is 0 Å². The van der Waals surface area contributed by atoms with Crippen molar-refractivity contribution in [2.75, 3.05) is 0 Å². The Morgan fingerprint density at radius 1 is 1.14 bits per heavy atom. The third kappa shape index (κ3) is 2.82. The number of nitrogens with zero attached hydrogens (tertiary/aromatic N) is 1.